The molecule has 0 aliphatic rings. The van der Waals surface area contributed by atoms with Crippen LogP contribution in [0.5, 0.6) is 0 Å². The fraction of sp³-hybridized carbons (Fsp3) is 0.118. The molecule has 1 aromatic heterocycles. The van der Waals surface area contributed by atoms with E-state index in [0.29, 0.717) is 17.5 Å². The largest absolute Gasteiger partial charge is 0.294 e. The van der Waals surface area contributed by atoms with Gasteiger partial charge in [0.15, 0.2) is 5.78 Å². The van der Waals surface area contributed by atoms with E-state index < -0.39 is 0 Å². The van der Waals surface area contributed by atoms with Crippen molar-refractivity contribution < 1.29 is 4.79 Å². The third-order valence-corrected chi connectivity index (χ3v) is 3.28. The highest BCUT2D eigenvalue weighted by molar-refractivity contribution is 6.06. The topological polar surface area (TPSA) is 42.9 Å². The molecule has 0 fully saturated rings. The molecule has 0 saturated heterocycles. The van der Waals surface area contributed by atoms with E-state index in [0.717, 1.165) is 11.1 Å². The van der Waals surface area contributed by atoms with Crippen molar-refractivity contribution in [3.05, 3.63) is 71.5 Å². The Morgan fingerprint density at radius 1 is 1.00 bits per heavy atom. The molecule has 0 atom stereocenters. The molecule has 3 heteroatoms. The Morgan fingerprint density at radius 2 is 1.75 bits per heavy atom. The van der Waals surface area contributed by atoms with Crippen molar-refractivity contribution in [3.63, 3.8) is 0 Å². The molecule has 0 saturated carbocycles. The van der Waals surface area contributed by atoms with Gasteiger partial charge in [0, 0.05) is 24.4 Å². The van der Waals surface area contributed by atoms with Gasteiger partial charge >= 0.3 is 0 Å². The molecule has 0 radical (unpaired) electrons. The van der Waals surface area contributed by atoms with Crippen LogP contribution in [0.25, 0.3) is 11.0 Å². The van der Waals surface area contributed by atoms with Crippen molar-refractivity contribution in [3.8, 4) is 0 Å². The smallest absolute Gasteiger partial charge is 0.169 e. The van der Waals surface area contributed by atoms with E-state index >= 15 is 0 Å². The normalized spacial score (nSPS) is 10.7. The van der Waals surface area contributed by atoms with Crippen LogP contribution >= 0.6 is 0 Å². The SMILES string of the molecule is Cc1ccc(CC(=O)c2cccc3nccnc23)cc1. The summed E-state index contributed by atoms with van der Waals surface area (Å²) < 4.78 is 0. The predicted octanol–water partition coefficient (Wildman–Crippen LogP) is 3.36. The van der Waals surface area contributed by atoms with Crippen LogP contribution in [-0.4, -0.2) is 15.8 Å². The lowest BCUT2D eigenvalue weighted by Gasteiger charge is -2.05. The van der Waals surface area contributed by atoms with Crippen molar-refractivity contribution in [2.45, 2.75) is 13.3 Å². The number of hydrogen-bond donors (Lipinski definition) is 0. The lowest BCUT2D eigenvalue weighted by atomic mass is 10.0. The highest BCUT2D eigenvalue weighted by Gasteiger charge is 2.11. The minimum Gasteiger partial charge on any atom is -0.294 e. The lowest BCUT2D eigenvalue weighted by Crippen LogP contribution is -2.05. The van der Waals surface area contributed by atoms with Crippen LogP contribution in [0.2, 0.25) is 0 Å². The van der Waals surface area contributed by atoms with E-state index in [1.54, 1.807) is 12.4 Å². The van der Waals surface area contributed by atoms with Crippen molar-refractivity contribution in [2.75, 3.05) is 0 Å². The number of nitrogens with zero attached hydrogens (tertiary/aromatic N) is 2. The fourth-order valence-electron chi connectivity index (χ4n) is 2.20. The number of aromatic nitrogens is 2. The maximum atomic E-state index is 12.4. The molecule has 0 N–H and O–H groups in total. The lowest BCUT2D eigenvalue weighted by molar-refractivity contribution is 0.0994. The Bertz CT molecular complexity index is 758. The average Bonchev–Trinajstić information content (AvgIpc) is 2.49. The summed E-state index contributed by atoms with van der Waals surface area (Å²) in [5.41, 5.74) is 4.27. The van der Waals surface area contributed by atoms with E-state index in [4.69, 9.17) is 0 Å². The maximum absolute atomic E-state index is 12.4. The first-order valence-corrected chi connectivity index (χ1v) is 6.52. The molecule has 0 spiro atoms. The highest BCUT2D eigenvalue weighted by atomic mass is 16.1. The number of Topliss-reactive ketones (excluding diaryl/α,β-unsaturated/α-hetero) is 1. The number of fused-ring (bicyclic) bond motifs is 1. The van der Waals surface area contributed by atoms with Crippen LogP contribution in [0.3, 0.4) is 0 Å². The average molecular weight is 262 g/mol. The van der Waals surface area contributed by atoms with E-state index in [-0.39, 0.29) is 5.78 Å². The molecular weight excluding hydrogens is 248 g/mol. The van der Waals surface area contributed by atoms with E-state index in [1.165, 1.54) is 5.56 Å². The molecule has 20 heavy (non-hydrogen) atoms. The molecule has 0 amide bonds. The van der Waals surface area contributed by atoms with Crippen LogP contribution in [0.15, 0.2) is 54.9 Å². The van der Waals surface area contributed by atoms with Gasteiger partial charge in [-0.15, -0.1) is 0 Å². The quantitative estimate of drug-likeness (QED) is 0.680. The van der Waals surface area contributed by atoms with Crippen LogP contribution < -0.4 is 0 Å². The summed E-state index contributed by atoms with van der Waals surface area (Å²) in [5, 5.41) is 0. The zero-order valence-corrected chi connectivity index (χ0v) is 11.2. The Balaban J connectivity index is 1.94. The fourth-order valence-corrected chi connectivity index (χ4v) is 2.20. The Hall–Kier alpha value is -2.55. The molecular formula is C17H14N2O. The van der Waals surface area contributed by atoms with Crippen LogP contribution in [0.1, 0.15) is 21.5 Å². The van der Waals surface area contributed by atoms with Gasteiger partial charge in [0.2, 0.25) is 0 Å². The highest BCUT2D eigenvalue weighted by Crippen LogP contribution is 2.16. The standard InChI is InChI=1S/C17H14N2O/c1-12-5-7-13(8-6-12)11-16(20)14-3-2-4-15-17(14)19-10-9-18-15/h2-10H,11H2,1H3. The van der Waals surface area contributed by atoms with Crippen LogP contribution in [0, 0.1) is 6.92 Å². The number of carbonyl (C=O) groups excluding carboxylic acids is 1. The van der Waals surface area contributed by atoms with Gasteiger partial charge in [0.25, 0.3) is 0 Å². The molecule has 3 aromatic rings. The second-order valence-corrected chi connectivity index (χ2v) is 4.82. The van der Waals surface area contributed by atoms with Gasteiger partial charge in [0.05, 0.1) is 11.0 Å². The van der Waals surface area contributed by atoms with Crippen LogP contribution in [-0.2, 0) is 6.42 Å². The van der Waals surface area contributed by atoms with Crippen molar-refractivity contribution in [1.82, 2.24) is 9.97 Å². The van der Waals surface area contributed by atoms with Crippen LogP contribution in [0.4, 0.5) is 0 Å². The summed E-state index contributed by atoms with van der Waals surface area (Å²) in [5.74, 6) is 0.0694. The molecule has 3 nitrogen and oxygen atoms in total. The summed E-state index contributed by atoms with van der Waals surface area (Å²) >= 11 is 0. The molecule has 2 aromatic carbocycles. The molecule has 0 unspecified atom stereocenters. The first kappa shape index (κ1) is 12.5. The van der Waals surface area contributed by atoms with E-state index in [1.807, 2.05) is 49.4 Å². The molecule has 0 aliphatic carbocycles. The summed E-state index contributed by atoms with van der Waals surface area (Å²) in [7, 11) is 0. The van der Waals surface area contributed by atoms with E-state index in [2.05, 4.69) is 9.97 Å². The molecule has 1 heterocycles. The third-order valence-electron chi connectivity index (χ3n) is 3.28. The second-order valence-electron chi connectivity index (χ2n) is 4.82. The summed E-state index contributed by atoms with van der Waals surface area (Å²) in [6.45, 7) is 2.03. The number of carbonyl (C=O) groups is 1. The number of para-hydroxylation sites is 1. The van der Waals surface area contributed by atoms with Crippen molar-refractivity contribution >= 4 is 16.8 Å². The zero-order chi connectivity index (χ0) is 13.9. The molecule has 0 aliphatic heterocycles. The molecule has 98 valence electrons. The zero-order valence-electron chi connectivity index (χ0n) is 11.2. The van der Waals surface area contributed by atoms with Gasteiger partial charge in [0.1, 0.15) is 0 Å². The summed E-state index contributed by atoms with van der Waals surface area (Å²) in [4.78, 5) is 20.9. The Morgan fingerprint density at radius 3 is 2.55 bits per heavy atom. The van der Waals surface area contributed by atoms with Gasteiger partial charge in [-0.25, -0.2) is 0 Å². The van der Waals surface area contributed by atoms with Gasteiger partial charge in [-0.2, -0.15) is 0 Å². The molecule has 3 rings (SSSR count). The Kier molecular flexibility index (Phi) is 3.25. The monoisotopic (exact) mass is 262 g/mol. The first-order chi connectivity index (χ1) is 9.74. The molecule has 0 bridgehead atoms. The van der Waals surface area contributed by atoms with Crippen molar-refractivity contribution in [2.24, 2.45) is 0 Å². The number of hydrogen-bond acceptors (Lipinski definition) is 3. The predicted molar refractivity (Wildman–Crippen MR) is 78.8 cm³/mol. The maximum Gasteiger partial charge on any atom is 0.169 e. The third kappa shape index (κ3) is 2.43. The second kappa shape index (κ2) is 5.21. The van der Waals surface area contributed by atoms with Gasteiger partial charge in [-0.3, -0.25) is 14.8 Å². The summed E-state index contributed by atoms with van der Waals surface area (Å²) in [6, 6.07) is 13.5. The minimum atomic E-state index is 0.0694. The van der Waals surface area contributed by atoms with Crippen molar-refractivity contribution in [1.29, 1.82) is 0 Å². The van der Waals surface area contributed by atoms with Gasteiger partial charge in [-0.05, 0) is 24.6 Å². The summed E-state index contributed by atoms with van der Waals surface area (Å²) in [6.07, 6.45) is 3.64. The Labute approximate surface area is 117 Å². The number of benzene rings is 2. The minimum absolute atomic E-state index is 0.0694. The van der Waals surface area contributed by atoms with Gasteiger partial charge in [-0.1, -0.05) is 35.9 Å². The number of aryl methyl sites for hydroxylation is 1. The van der Waals surface area contributed by atoms with Gasteiger partial charge < -0.3 is 0 Å². The number of ketones is 1. The first-order valence-electron chi connectivity index (χ1n) is 6.52. The number of rotatable bonds is 3. The van der Waals surface area contributed by atoms with E-state index in [9.17, 15) is 4.79 Å².